The van der Waals surface area contributed by atoms with Gasteiger partial charge in [0.25, 0.3) is 0 Å². The Labute approximate surface area is 164 Å². The van der Waals surface area contributed by atoms with E-state index >= 15 is 0 Å². The maximum absolute atomic E-state index is 13.5. The largest absolute Gasteiger partial charge is 0.299 e. The number of carbonyl (C=O) groups excluding carboxylic acids is 1. The van der Waals surface area contributed by atoms with Gasteiger partial charge in [0.05, 0.1) is 11.9 Å². The first-order chi connectivity index (χ1) is 12.5. The molecule has 7 nitrogen and oxygen atoms in total. The van der Waals surface area contributed by atoms with E-state index in [0.717, 1.165) is 40.1 Å². The number of anilines is 2. The lowest BCUT2D eigenvalue weighted by atomic mass is 10.2. The molecule has 1 unspecified atom stereocenters. The zero-order valence-electron chi connectivity index (χ0n) is 14.9. The fourth-order valence-electron chi connectivity index (χ4n) is 2.15. The number of carbonyl (C=O) groups is 1. The molecule has 148 valence electrons. The van der Waals surface area contributed by atoms with Crippen LogP contribution < -0.4 is 9.62 Å². The molecule has 1 amide bonds. The molecule has 2 rings (SSSR count). The lowest BCUT2D eigenvalue weighted by Gasteiger charge is -2.27. The third kappa shape index (κ3) is 5.59. The third-order valence-corrected chi connectivity index (χ3v) is 6.39. The molecular weight excluding hydrogens is 418 g/mol. The quantitative estimate of drug-likeness (QED) is 0.530. The highest BCUT2D eigenvalue weighted by molar-refractivity contribution is 8.01. The minimum absolute atomic E-state index is 0.160. The first-order valence-corrected chi connectivity index (χ1v) is 11.3. The van der Waals surface area contributed by atoms with Crippen LogP contribution in [0.4, 0.5) is 19.6 Å². The molecule has 1 aromatic carbocycles. The molecule has 1 aromatic heterocycles. The van der Waals surface area contributed by atoms with Gasteiger partial charge in [-0.3, -0.25) is 14.4 Å². The van der Waals surface area contributed by atoms with Gasteiger partial charge in [-0.2, -0.15) is 0 Å². The fraction of sp³-hybridized carbons (Fsp3) is 0.400. The van der Waals surface area contributed by atoms with Crippen LogP contribution in [0.25, 0.3) is 0 Å². The van der Waals surface area contributed by atoms with Crippen molar-refractivity contribution in [1.82, 2.24) is 10.2 Å². The minimum Gasteiger partial charge on any atom is -0.299 e. The number of hydrogen-bond acceptors (Lipinski definition) is 7. The molecule has 0 aliphatic carbocycles. The molecule has 0 saturated carbocycles. The van der Waals surface area contributed by atoms with Crippen LogP contribution >= 0.6 is 23.1 Å². The Morgan fingerprint density at radius 1 is 1.22 bits per heavy atom. The average molecular weight is 437 g/mol. The summed E-state index contributed by atoms with van der Waals surface area (Å²) in [5.41, 5.74) is -0.160. The Morgan fingerprint density at radius 2 is 1.89 bits per heavy atom. The number of nitrogens with one attached hydrogen (secondary N) is 1. The van der Waals surface area contributed by atoms with Crippen LogP contribution in [-0.4, -0.2) is 42.1 Å². The fourth-order valence-corrected chi connectivity index (χ4v) is 5.30. The molecule has 0 aliphatic rings. The van der Waals surface area contributed by atoms with E-state index in [-0.39, 0.29) is 16.1 Å². The maximum atomic E-state index is 13.5. The topological polar surface area (TPSA) is 92.3 Å². The molecule has 0 saturated heterocycles. The second-order valence-electron chi connectivity index (χ2n) is 5.86. The lowest BCUT2D eigenvalue weighted by molar-refractivity contribution is -0.116. The molecule has 0 bridgehead atoms. The normalized spacial score (nSPS) is 12.9. The van der Waals surface area contributed by atoms with Crippen molar-refractivity contribution in [3.63, 3.8) is 0 Å². The Balaban J connectivity index is 2.24. The standard InChI is InChI=1S/C15H18F2N4O3S3/c1-8(2)25-15-20-19-14(26-15)18-13(22)9(3)21(27(4,23)24)10-5-6-11(16)12(17)7-10/h5-9H,1-4H3,(H,18,19,22). The average Bonchev–Trinajstić information content (AvgIpc) is 2.95. The summed E-state index contributed by atoms with van der Waals surface area (Å²) in [5, 5.41) is 10.8. The Bertz CT molecular complexity index is 934. The van der Waals surface area contributed by atoms with Crippen molar-refractivity contribution in [3.8, 4) is 0 Å². The number of aromatic nitrogens is 2. The number of benzene rings is 1. The van der Waals surface area contributed by atoms with Crippen molar-refractivity contribution in [3.05, 3.63) is 29.8 Å². The molecule has 1 N–H and O–H groups in total. The van der Waals surface area contributed by atoms with Gasteiger partial charge in [0.1, 0.15) is 6.04 Å². The molecule has 0 aliphatic heterocycles. The summed E-state index contributed by atoms with van der Waals surface area (Å²) in [6.07, 6.45) is 0.875. The van der Waals surface area contributed by atoms with Gasteiger partial charge >= 0.3 is 0 Å². The van der Waals surface area contributed by atoms with E-state index < -0.39 is 33.6 Å². The van der Waals surface area contributed by atoms with Crippen molar-refractivity contribution in [2.75, 3.05) is 15.9 Å². The highest BCUT2D eigenvalue weighted by Gasteiger charge is 2.30. The molecule has 0 radical (unpaired) electrons. The van der Waals surface area contributed by atoms with Crippen LogP contribution in [0.1, 0.15) is 20.8 Å². The van der Waals surface area contributed by atoms with Gasteiger partial charge in [0.15, 0.2) is 16.0 Å². The zero-order chi connectivity index (χ0) is 20.4. The number of thioether (sulfide) groups is 1. The zero-order valence-corrected chi connectivity index (χ0v) is 17.4. The molecule has 1 heterocycles. The van der Waals surface area contributed by atoms with Crippen LogP contribution in [0, 0.1) is 11.6 Å². The predicted molar refractivity (Wildman–Crippen MR) is 103 cm³/mol. The van der Waals surface area contributed by atoms with Gasteiger partial charge in [0.2, 0.25) is 21.1 Å². The van der Waals surface area contributed by atoms with Gasteiger partial charge in [-0.15, -0.1) is 10.2 Å². The molecule has 27 heavy (non-hydrogen) atoms. The van der Waals surface area contributed by atoms with Gasteiger partial charge < -0.3 is 0 Å². The number of rotatable bonds is 7. The van der Waals surface area contributed by atoms with Crippen LogP contribution in [0.15, 0.2) is 22.5 Å². The van der Waals surface area contributed by atoms with E-state index in [1.807, 2.05) is 13.8 Å². The predicted octanol–water partition coefficient (Wildman–Crippen LogP) is 3.11. The second kappa shape index (κ2) is 8.48. The summed E-state index contributed by atoms with van der Waals surface area (Å²) in [4.78, 5) is 12.5. The highest BCUT2D eigenvalue weighted by atomic mass is 32.2. The Kier molecular flexibility index (Phi) is 6.76. The summed E-state index contributed by atoms with van der Waals surface area (Å²) in [7, 11) is -3.95. The highest BCUT2D eigenvalue weighted by Crippen LogP contribution is 2.29. The maximum Gasteiger partial charge on any atom is 0.249 e. The van der Waals surface area contributed by atoms with Crippen molar-refractivity contribution in [2.45, 2.75) is 36.4 Å². The Hall–Kier alpha value is -1.79. The van der Waals surface area contributed by atoms with Crippen molar-refractivity contribution < 1.29 is 22.0 Å². The molecule has 2 aromatic rings. The summed E-state index contributed by atoms with van der Waals surface area (Å²) in [5.74, 6) is -3.01. The number of amides is 1. The van der Waals surface area contributed by atoms with E-state index in [0.29, 0.717) is 4.34 Å². The molecule has 12 heteroatoms. The molecule has 1 atom stereocenters. The number of halogens is 2. The minimum atomic E-state index is -3.95. The first-order valence-electron chi connectivity index (χ1n) is 7.74. The monoisotopic (exact) mass is 436 g/mol. The number of sulfonamides is 1. The molecule has 0 spiro atoms. The summed E-state index contributed by atoms with van der Waals surface area (Å²) >= 11 is 2.63. The van der Waals surface area contributed by atoms with Crippen LogP contribution in [-0.2, 0) is 14.8 Å². The van der Waals surface area contributed by atoms with E-state index in [1.54, 1.807) is 0 Å². The number of hydrogen-bond donors (Lipinski definition) is 1. The smallest absolute Gasteiger partial charge is 0.249 e. The van der Waals surface area contributed by atoms with Crippen molar-refractivity contribution >= 4 is 49.8 Å². The van der Waals surface area contributed by atoms with Gasteiger partial charge in [-0.05, 0) is 19.1 Å². The second-order valence-corrected chi connectivity index (χ2v) is 10.5. The molecule has 0 fully saturated rings. The van der Waals surface area contributed by atoms with Gasteiger partial charge in [-0.1, -0.05) is 36.9 Å². The lowest BCUT2D eigenvalue weighted by Crippen LogP contribution is -2.45. The third-order valence-electron chi connectivity index (χ3n) is 3.22. The summed E-state index contributed by atoms with van der Waals surface area (Å²) in [6.45, 7) is 5.30. The Morgan fingerprint density at radius 3 is 2.44 bits per heavy atom. The van der Waals surface area contributed by atoms with Crippen LogP contribution in [0.5, 0.6) is 0 Å². The van der Waals surface area contributed by atoms with Crippen LogP contribution in [0.3, 0.4) is 0 Å². The van der Waals surface area contributed by atoms with Crippen LogP contribution in [0.2, 0.25) is 0 Å². The van der Waals surface area contributed by atoms with E-state index in [9.17, 15) is 22.0 Å². The van der Waals surface area contributed by atoms with Gasteiger partial charge in [0, 0.05) is 11.3 Å². The first kappa shape index (κ1) is 21.5. The summed E-state index contributed by atoms with van der Waals surface area (Å²) < 4.78 is 52.4. The summed E-state index contributed by atoms with van der Waals surface area (Å²) in [6, 6.07) is 1.39. The van der Waals surface area contributed by atoms with E-state index in [1.165, 1.54) is 18.7 Å². The SMILES string of the molecule is CC(C)Sc1nnc(NC(=O)C(C)N(c2ccc(F)c(F)c2)S(C)(=O)=O)s1. The molecular formula is C15H18F2N4O3S3. The van der Waals surface area contributed by atoms with Crippen molar-refractivity contribution in [2.24, 2.45) is 0 Å². The van der Waals surface area contributed by atoms with Gasteiger partial charge in [-0.25, -0.2) is 17.2 Å². The van der Waals surface area contributed by atoms with E-state index in [4.69, 9.17) is 0 Å². The van der Waals surface area contributed by atoms with E-state index in [2.05, 4.69) is 15.5 Å². The van der Waals surface area contributed by atoms with Crippen molar-refractivity contribution in [1.29, 1.82) is 0 Å². The number of nitrogens with zero attached hydrogens (tertiary/aromatic N) is 3.